The van der Waals surface area contributed by atoms with E-state index >= 15 is 0 Å². The molecule has 1 aromatic heterocycles. The quantitative estimate of drug-likeness (QED) is 0.258. The molecular formula is C22H33Cl2FN6O2Pt. The van der Waals surface area contributed by atoms with Crippen molar-refractivity contribution in [3.05, 3.63) is 52.1 Å². The third-order valence-electron chi connectivity index (χ3n) is 5.36. The van der Waals surface area contributed by atoms with Gasteiger partial charge in [-0.25, -0.2) is 4.39 Å². The van der Waals surface area contributed by atoms with Crippen LogP contribution in [0.25, 0.3) is 11.6 Å². The third kappa shape index (κ3) is 7.90. The molecule has 0 unspecified atom stereocenters. The second-order valence-electron chi connectivity index (χ2n) is 7.19. The van der Waals surface area contributed by atoms with E-state index in [1.165, 1.54) is 12.1 Å². The fourth-order valence-corrected chi connectivity index (χ4v) is 3.66. The zero-order valence-electron chi connectivity index (χ0n) is 19.8. The number of halogens is 3. The Labute approximate surface area is 216 Å². The molecular weight excluding hydrogens is 665 g/mol. The Kier molecular flexibility index (Phi) is 14.5. The predicted octanol–water partition coefficient (Wildman–Crippen LogP) is 5.04. The number of amides is 2. The number of nitrogens with one attached hydrogen (secondary N) is 3. The maximum atomic E-state index is 13.7. The molecule has 0 saturated heterocycles. The Hall–Kier alpha value is -1.74. The number of H-pyrrole nitrogens is 1. The molecule has 9 N–H and O–H groups in total. The SMILES string of the molecule is CCN(CC)CCNC(=O)c1c(C)[nH]c(/C=C2\C(=O)Nc3ccc(F)cc32)c1C.N.N.[Cl][Pt][Cl]. The summed E-state index contributed by atoms with van der Waals surface area (Å²) in [5, 5.41) is 5.70. The van der Waals surface area contributed by atoms with Gasteiger partial charge in [0.2, 0.25) is 0 Å². The van der Waals surface area contributed by atoms with Gasteiger partial charge >= 0.3 is 35.3 Å². The van der Waals surface area contributed by atoms with Gasteiger partial charge in [0.1, 0.15) is 5.82 Å². The van der Waals surface area contributed by atoms with Gasteiger partial charge in [-0.3, -0.25) is 9.59 Å². The minimum atomic E-state index is -0.472. The van der Waals surface area contributed by atoms with Crippen molar-refractivity contribution in [2.24, 2.45) is 0 Å². The molecule has 0 aliphatic carbocycles. The van der Waals surface area contributed by atoms with Crippen molar-refractivity contribution < 1.29 is 30.5 Å². The van der Waals surface area contributed by atoms with E-state index in [0.29, 0.717) is 34.6 Å². The van der Waals surface area contributed by atoms with Gasteiger partial charge in [0.15, 0.2) is 0 Å². The zero-order valence-corrected chi connectivity index (χ0v) is 23.5. The van der Waals surface area contributed by atoms with Crippen LogP contribution in [0.15, 0.2) is 18.2 Å². The molecule has 12 heteroatoms. The standard InChI is InChI=1S/C22H27FN4O2.2ClH.2H3N.Pt/c1-5-27(6-2)10-9-24-22(29)20-13(3)19(25-14(20)4)12-17-16-11-15(23)7-8-18(16)26-21(17)28;;;;;/h7-8,11-12,25H,5-6,9-10H2,1-4H3,(H,24,29)(H,26,28);2*1H;2*1H3;/q;;;;;+2/p-2/b17-12-;;;;;. The summed E-state index contributed by atoms with van der Waals surface area (Å²) in [5.41, 5.74) is 4.20. The molecule has 0 fully saturated rings. The van der Waals surface area contributed by atoms with Crippen LogP contribution in [-0.4, -0.2) is 47.9 Å². The molecule has 3 rings (SSSR count). The third-order valence-corrected chi connectivity index (χ3v) is 5.36. The van der Waals surface area contributed by atoms with Crippen molar-refractivity contribution in [2.75, 3.05) is 31.5 Å². The Balaban J connectivity index is 0.00000207. The number of aromatic nitrogens is 1. The Morgan fingerprint density at radius 3 is 2.41 bits per heavy atom. The van der Waals surface area contributed by atoms with Gasteiger partial charge in [-0.2, -0.15) is 0 Å². The van der Waals surface area contributed by atoms with Gasteiger partial charge in [-0.05, 0) is 56.8 Å². The number of carbonyl (C=O) groups excluding carboxylic acids is 2. The summed E-state index contributed by atoms with van der Waals surface area (Å²) < 4.78 is 13.7. The number of likely N-dealkylation sites (N-methyl/N-ethyl adjacent to an activating group) is 1. The summed E-state index contributed by atoms with van der Waals surface area (Å²) in [6.07, 6.45) is 1.68. The molecule has 0 spiro atoms. The van der Waals surface area contributed by atoms with Crippen LogP contribution in [0.2, 0.25) is 0 Å². The number of aryl methyl sites for hydroxylation is 1. The van der Waals surface area contributed by atoms with E-state index in [9.17, 15) is 14.0 Å². The second-order valence-corrected chi connectivity index (χ2v) is 10.5. The fourth-order valence-electron chi connectivity index (χ4n) is 3.66. The van der Waals surface area contributed by atoms with Gasteiger partial charge < -0.3 is 32.8 Å². The first kappa shape index (κ1) is 32.3. The van der Waals surface area contributed by atoms with Crippen LogP contribution in [0, 0.1) is 19.7 Å². The summed E-state index contributed by atoms with van der Waals surface area (Å²) in [4.78, 5) is 30.5. The summed E-state index contributed by atoms with van der Waals surface area (Å²) in [6, 6.07) is 4.20. The van der Waals surface area contributed by atoms with Crippen LogP contribution >= 0.6 is 18.8 Å². The van der Waals surface area contributed by atoms with Crippen molar-refractivity contribution in [1.29, 1.82) is 0 Å². The molecule has 0 saturated carbocycles. The summed E-state index contributed by atoms with van der Waals surface area (Å²) in [7, 11) is 9.75. The van der Waals surface area contributed by atoms with Gasteiger partial charge in [-0.15, -0.1) is 0 Å². The summed E-state index contributed by atoms with van der Waals surface area (Å²) in [6.45, 7) is 11.1. The monoisotopic (exact) mass is 697 g/mol. The zero-order chi connectivity index (χ0) is 23.8. The number of carbonyl (C=O) groups is 2. The number of hydrogen-bond acceptors (Lipinski definition) is 5. The molecule has 34 heavy (non-hydrogen) atoms. The van der Waals surface area contributed by atoms with Crippen LogP contribution in [0.4, 0.5) is 10.1 Å². The molecule has 194 valence electrons. The molecule has 2 heterocycles. The molecule has 8 nitrogen and oxygen atoms in total. The molecule has 1 aliphatic rings. The molecule has 0 bridgehead atoms. The van der Waals surface area contributed by atoms with Crippen LogP contribution < -0.4 is 22.9 Å². The first-order valence-corrected chi connectivity index (χ1v) is 15.7. The number of hydrogen-bond donors (Lipinski definition) is 5. The Morgan fingerprint density at radius 2 is 1.82 bits per heavy atom. The van der Waals surface area contributed by atoms with Crippen molar-refractivity contribution in [3.8, 4) is 0 Å². The number of rotatable bonds is 7. The molecule has 0 radical (unpaired) electrons. The molecule has 2 amide bonds. The van der Waals surface area contributed by atoms with Gasteiger partial charge in [-0.1, -0.05) is 13.8 Å². The van der Waals surface area contributed by atoms with Crippen LogP contribution in [0.3, 0.4) is 0 Å². The van der Waals surface area contributed by atoms with Crippen LogP contribution in [0.5, 0.6) is 0 Å². The van der Waals surface area contributed by atoms with Crippen LogP contribution in [-0.2, 0) is 21.3 Å². The average molecular weight is 699 g/mol. The number of aromatic amines is 1. The number of benzene rings is 1. The molecule has 1 aliphatic heterocycles. The van der Waals surface area contributed by atoms with Crippen molar-refractivity contribution in [3.63, 3.8) is 0 Å². The summed E-state index contributed by atoms with van der Waals surface area (Å²) in [5.74, 6) is -0.836. The fraction of sp³-hybridized carbons (Fsp3) is 0.364. The Bertz CT molecular complexity index is 1010. The summed E-state index contributed by atoms with van der Waals surface area (Å²) >= 11 is -0.472. The number of anilines is 1. The maximum absolute atomic E-state index is 13.7. The number of nitrogens with zero attached hydrogens (tertiary/aromatic N) is 1. The van der Waals surface area contributed by atoms with E-state index in [2.05, 4.69) is 34.4 Å². The minimum absolute atomic E-state index is 0. The molecule has 2 aromatic rings. The second kappa shape index (κ2) is 15.3. The first-order chi connectivity index (χ1) is 15.3. The van der Waals surface area contributed by atoms with E-state index in [4.69, 9.17) is 18.8 Å². The van der Waals surface area contributed by atoms with E-state index < -0.39 is 22.3 Å². The normalized spacial score (nSPS) is 12.9. The number of fused-ring (bicyclic) bond motifs is 1. The van der Waals surface area contributed by atoms with Gasteiger partial charge in [0.05, 0.1) is 11.1 Å². The predicted molar refractivity (Wildman–Crippen MR) is 135 cm³/mol. The topological polar surface area (TPSA) is 147 Å². The van der Waals surface area contributed by atoms with E-state index in [1.54, 1.807) is 12.1 Å². The van der Waals surface area contributed by atoms with E-state index in [1.807, 2.05) is 13.8 Å². The molecule has 1 aromatic carbocycles. The van der Waals surface area contributed by atoms with Crippen LogP contribution in [0.1, 0.15) is 46.7 Å². The Morgan fingerprint density at radius 1 is 1.21 bits per heavy atom. The van der Waals surface area contributed by atoms with Gasteiger partial charge in [0, 0.05) is 35.7 Å². The van der Waals surface area contributed by atoms with Crippen molar-refractivity contribution in [1.82, 2.24) is 27.5 Å². The average Bonchev–Trinajstić information content (AvgIpc) is 3.21. The first-order valence-electron chi connectivity index (χ1n) is 10.1. The molecule has 0 atom stereocenters. The van der Waals surface area contributed by atoms with E-state index in [-0.39, 0.29) is 24.1 Å². The van der Waals surface area contributed by atoms with E-state index in [0.717, 1.165) is 30.9 Å². The van der Waals surface area contributed by atoms with Gasteiger partial charge in [0.25, 0.3) is 11.8 Å². The van der Waals surface area contributed by atoms with Crippen molar-refractivity contribution >= 4 is 48.0 Å². The van der Waals surface area contributed by atoms with Crippen molar-refractivity contribution in [2.45, 2.75) is 27.7 Å².